The number of rotatable bonds is 15. The molecule has 4 heteroatoms. The van der Waals surface area contributed by atoms with Crippen molar-refractivity contribution in [2.45, 2.75) is 69.3 Å². The Labute approximate surface area is 144 Å². The molecule has 0 fully saturated rings. The van der Waals surface area contributed by atoms with Crippen LogP contribution in [0.4, 0.5) is 0 Å². The van der Waals surface area contributed by atoms with Crippen molar-refractivity contribution in [3.05, 3.63) is 12.2 Å². The van der Waals surface area contributed by atoms with Gasteiger partial charge in [0.1, 0.15) is 0 Å². The molecule has 0 N–H and O–H groups in total. The van der Waals surface area contributed by atoms with Crippen LogP contribution in [0.25, 0.3) is 0 Å². The topological polar surface area (TPSA) is 18.5 Å². The van der Waals surface area contributed by atoms with E-state index >= 15 is 0 Å². The van der Waals surface area contributed by atoms with Gasteiger partial charge in [-0.05, 0) is 0 Å². The molecule has 0 saturated carbocycles. The van der Waals surface area contributed by atoms with Crippen LogP contribution in [0, 0.1) is 0 Å². The Balaban J connectivity index is 0. The average molecular weight is 315 g/mol. The molecule has 0 aliphatic carbocycles. The molecular formula is C16H31ClMgO2. The van der Waals surface area contributed by atoms with Crippen LogP contribution < -0.4 is 12.4 Å². The standard InChI is InChI=1S/C16H31O2.ClH.Mg/c1-3-5-7-9-10-11-13-15-18-16-17-14-12-8-6-4-2;;/h6,8H,2-5,7,9-16H2,1H3;1H;/q;;+1/p-1/b8-6+;;. The molecule has 0 unspecified atom stereocenters. The van der Waals surface area contributed by atoms with Crippen LogP contribution in [0.3, 0.4) is 0 Å². The first-order valence-electron chi connectivity index (χ1n) is 8.01. The first-order valence-corrected chi connectivity index (χ1v) is 9.01. The van der Waals surface area contributed by atoms with E-state index in [1.54, 1.807) is 0 Å². The molecule has 0 amide bonds. The molecule has 2 nitrogen and oxygen atoms in total. The average Bonchev–Trinajstić information content (AvgIpc) is 2.43. The monoisotopic (exact) mass is 314 g/mol. The summed E-state index contributed by atoms with van der Waals surface area (Å²) < 4.78 is 12.1. The normalized spacial score (nSPS) is 10.9. The van der Waals surface area contributed by atoms with Crippen LogP contribution in [-0.2, 0) is 9.47 Å². The van der Waals surface area contributed by atoms with Gasteiger partial charge in [-0.1, -0.05) is 39.0 Å². The molecule has 0 saturated heterocycles. The Morgan fingerprint density at radius 1 is 0.800 bits per heavy atom. The second kappa shape index (κ2) is 22.0. The third-order valence-corrected chi connectivity index (χ3v) is 3.43. The molecule has 0 spiro atoms. The number of hydrogen-bond donors (Lipinski definition) is 0. The van der Waals surface area contributed by atoms with Crippen molar-refractivity contribution >= 4 is 21.7 Å². The van der Waals surface area contributed by atoms with E-state index in [-0.39, 0.29) is 12.4 Å². The molecular weight excluding hydrogens is 284 g/mol. The van der Waals surface area contributed by atoms with Gasteiger partial charge in [0.2, 0.25) is 0 Å². The van der Waals surface area contributed by atoms with Crippen molar-refractivity contribution < 1.29 is 21.9 Å². The molecule has 0 radical (unpaired) electrons. The summed E-state index contributed by atoms with van der Waals surface area (Å²) in [6.07, 6.45) is 15.9. The largest absolute Gasteiger partial charge is 1.00 e. The summed E-state index contributed by atoms with van der Waals surface area (Å²) in [6.45, 7) is 4.34. The third-order valence-electron chi connectivity index (χ3n) is 3.03. The van der Waals surface area contributed by atoms with Gasteiger partial charge in [0.15, 0.2) is 0 Å². The fourth-order valence-corrected chi connectivity index (χ4v) is 2.08. The Kier molecular flexibility index (Phi) is 25.3. The molecule has 20 heavy (non-hydrogen) atoms. The minimum Gasteiger partial charge on any atom is -1.00 e. The van der Waals surface area contributed by atoms with Gasteiger partial charge in [-0.3, -0.25) is 0 Å². The second-order valence-corrected chi connectivity index (χ2v) is 5.67. The van der Waals surface area contributed by atoms with E-state index in [0.717, 1.165) is 19.6 Å². The number of unbranched alkanes of at least 4 members (excludes halogenated alkanes) is 6. The Morgan fingerprint density at radius 2 is 1.40 bits per heavy atom. The van der Waals surface area contributed by atoms with Crippen LogP contribution in [0.5, 0.6) is 0 Å². The zero-order valence-corrected chi connectivity index (χ0v) is 15.4. The van der Waals surface area contributed by atoms with E-state index in [1.807, 2.05) is 21.7 Å². The first kappa shape index (κ1) is 23.0. The van der Waals surface area contributed by atoms with Gasteiger partial charge in [-0.25, -0.2) is 0 Å². The molecule has 0 aromatic heterocycles. The Morgan fingerprint density at radius 3 is 2.10 bits per heavy atom. The van der Waals surface area contributed by atoms with E-state index < -0.39 is 0 Å². The van der Waals surface area contributed by atoms with Crippen molar-refractivity contribution in [2.75, 3.05) is 20.0 Å². The maximum atomic E-state index is 5.44. The summed E-state index contributed by atoms with van der Waals surface area (Å²) in [4.78, 5) is 0. The molecule has 0 atom stereocenters. The summed E-state index contributed by atoms with van der Waals surface area (Å²) in [5.41, 5.74) is 0. The van der Waals surface area contributed by atoms with Gasteiger partial charge in [0.05, 0.1) is 0 Å². The van der Waals surface area contributed by atoms with Crippen LogP contribution in [-0.4, -0.2) is 41.7 Å². The van der Waals surface area contributed by atoms with Gasteiger partial charge in [0.25, 0.3) is 0 Å². The number of halogens is 1. The SMILES string of the molecule is CCCCCCCCCOCOCC/C=C/C[CH2][Mg+].[Cl-]. The third kappa shape index (κ3) is 21.0. The van der Waals surface area contributed by atoms with Gasteiger partial charge in [0, 0.05) is 0 Å². The number of hydrogen-bond acceptors (Lipinski definition) is 2. The molecule has 0 heterocycles. The Bertz CT molecular complexity index is 189. The predicted molar refractivity (Wildman–Crippen MR) is 83.7 cm³/mol. The van der Waals surface area contributed by atoms with E-state index in [9.17, 15) is 0 Å². The maximum Gasteiger partial charge on any atom is -1.00 e. The Hall–Kier alpha value is 0.716. The fourth-order valence-electron chi connectivity index (χ4n) is 1.84. The van der Waals surface area contributed by atoms with Crippen molar-refractivity contribution in [2.24, 2.45) is 0 Å². The van der Waals surface area contributed by atoms with Gasteiger partial charge < -0.3 is 12.4 Å². The minimum absolute atomic E-state index is 0. The van der Waals surface area contributed by atoms with Gasteiger partial charge in [-0.2, -0.15) is 0 Å². The molecule has 0 aliphatic heterocycles. The fraction of sp³-hybridized carbons (Fsp3) is 0.875. The van der Waals surface area contributed by atoms with Crippen molar-refractivity contribution in [3.8, 4) is 0 Å². The quantitative estimate of drug-likeness (QED) is 0.198. The molecule has 0 aromatic rings. The molecule has 0 aliphatic rings. The minimum atomic E-state index is 0. The van der Waals surface area contributed by atoms with Crippen molar-refractivity contribution in [1.82, 2.24) is 0 Å². The number of ether oxygens (including phenoxy) is 2. The molecule has 0 rings (SSSR count). The van der Waals surface area contributed by atoms with Crippen LogP contribution in [0.15, 0.2) is 12.2 Å². The summed E-state index contributed by atoms with van der Waals surface area (Å²) >= 11 is 2.02. The summed E-state index contributed by atoms with van der Waals surface area (Å²) in [6, 6.07) is 0. The summed E-state index contributed by atoms with van der Waals surface area (Å²) in [7, 11) is 0. The second-order valence-electron chi connectivity index (χ2n) is 4.96. The first-order chi connectivity index (χ1) is 9.41. The smallest absolute Gasteiger partial charge is 1.00 e. The van der Waals surface area contributed by atoms with Crippen molar-refractivity contribution in [3.63, 3.8) is 0 Å². The van der Waals surface area contributed by atoms with Crippen molar-refractivity contribution in [1.29, 1.82) is 0 Å². The number of allylic oxidation sites excluding steroid dienone is 1. The molecule has 0 bridgehead atoms. The summed E-state index contributed by atoms with van der Waals surface area (Å²) in [5, 5.41) is 0. The molecule has 0 aromatic carbocycles. The van der Waals surface area contributed by atoms with E-state index in [0.29, 0.717) is 6.79 Å². The zero-order chi connectivity index (χ0) is 14.0. The summed E-state index contributed by atoms with van der Waals surface area (Å²) in [5.74, 6) is 0. The van der Waals surface area contributed by atoms with Crippen LogP contribution in [0.1, 0.15) is 64.7 Å². The predicted octanol–water partition coefficient (Wildman–Crippen LogP) is 1.65. The van der Waals surface area contributed by atoms with Crippen LogP contribution in [0.2, 0.25) is 4.55 Å². The van der Waals surface area contributed by atoms with E-state index in [2.05, 4.69) is 19.1 Å². The van der Waals surface area contributed by atoms with Gasteiger partial charge >= 0.3 is 93.6 Å². The zero-order valence-electron chi connectivity index (χ0n) is 13.2. The van der Waals surface area contributed by atoms with Crippen LogP contribution >= 0.6 is 0 Å². The van der Waals surface area contributed by atoms with E-state index in [4.69, 9.17) is 9.47 Å². The molecule has 116 valence electrons. The van der Waals surface area contributed by atoms with Gasteiger partial charge in [-0.15, -0.1) is 0 Å². The maximum absolute atomic E-state index is 5.44. The van der Waals surface area contributed by atoms with E-state index in [1.165, 1.54) is 55.9 Å².